The van der Waals surface area contributed by atoms with Crippen molar-refractivity contribution in [3.63, 3.8) is 0 Å². The lowest BCUT2D eigenvalue weighted by Crippen LogP contribution is -2.48. The van der Waals surface area contributed by atoms with Crippen LogP contribution < -0.4 is 4.74 Å². The first-order valence-electron chi connectivity index (χ1n) is 10.4. The number of amides is 1. The fourth-order valence-electron chi connectivity index (χ4n) is 5.07. The van der Waals surface area contributed by atoms with E-state index in [1.165, 1.54) is 19.3 Å². The molecule has 0 radical (unpaired) electrons. The standard InChI is InChI=1S/C22H32N2O3/c1-17-4-2-7-20(12-17)27-15-21(26)23-10-8-22(9-11-23)16-24(13-18(22)14-25)19-5-3-6-19/h2,4,7,12,18-19,25H,3,5-6,8-11,13-16H2,1H3. The first-order valence-corrected chi connectivity index (χ1v) is 10.4. The highest BCUT2D eigenvalue weighted by Gasteiger charge is 2.49. The van der Waals surface area contributed by atoms with E-state index in [1.807, 2.05) is 36.1 Å². The average Bonchev–Trinajstić information content (AvgIpc) is 2.96. The average molecular weight is 373 g/mol. The third kappa shape index (κ3) is 3.85. The minimum absolute atomic E-state index is 0.0701. The summed E-state index contributed by atoms with van der Waals surface area (Å²) in [5.74, 6) is 1.18. The predicted octanol–water partition coefficient (Wildman–Crippen LogP) is 2.46. The molecule has 1 saturated carbocycles. The summed E-state index contributed by atoms with van der Waals surface area (Å²) in [7, 11) is 0. The Kier molecular flexibility index (Phi) is 5.42. The zero-order valence-corrected chi connectivity index (χ0v) is 16.4. The van der Waals surface area contributed by atoms with E-state index in [4.69, 9.17) is 4.74 Å². The van der Waals surface area contributed by atoms with Crippen LogP contribution in [-0.4, -0.2) is 66.2 Å². The van der Waals surface area contributed by atoms with Gasteiger partial charge in [0.05, 0.1) is 0 Å². The molecule has 1 amide bonds. The number of aliphatic hydroxyl groups is 1. The van der Waals surface area contributed by atoms with Crippen molar-refractivity contribution in [1.82, 2.24) is 9.80 Å². The van der Waals surface area contributed by atoms with Crippen LogP contribution in [0.5, 0.6) is 5.75 Å². The molecule has 27 heavy (non-hydrogen) atoms. The molecule has 2 heterocycles. The van der Waals surface area contributed by atoms with Crippen LogP contribution in [-0.2, 0) is 4.79 Å². The summed E-state index contributed by atoms with van der Waals surface area (Å²) in [6.45, 7) is 6.10. The van der Waals surface area contributed by atoms with Gasteiger partial charge in [-0.25, -0.2) is 0 Å². The first-order chi connectivity index (χ1) is 13.1. The van der Waals surface area contributed by atoms with Gasteiger partial charge in [-0.1, -0.05) is 18.6 Å². The Hall–Kier alpha value is -1.59. The number of aliphatic hydroxyl groups excluding tert-OH is 1. The first kappa shape index (κ1) is 18.8. The molecule has 1 aromatic carbocycles. The van der Waals surface area contributed by atoms with Crippen molar-refractivity contribution in [2.24, 2.45) is 11.3 Å². The molecule has 1 aromatic rings. The lowest BCUT2D eigenvalue weighted by molar-refractivity contribution is -0.136. The molecule has 2 aliphatic heterocycles. The predicted molar refractivity (Wildman–Crippen MR) is 105 cm³/mol. The van der Waals surface area contributed by atoms with Crippen LogP contribution in [0.4, 0.5) is 0 Å². The molecule has 1 atom stereocenters. The highest BCUT2D eigenvalue weighted by molar-refractivity contribution is 5.77. The number of nitrogens with zero attached hydrogens (tertiary/aromatic N) is 2. The van der Waals surface area contributed by atoms with E-state index in [-0.39, 0.29) is 24.5 Å². The minimum atomic E-state index is 0.0701. The summed E-state index contributed by atoms with van der Waals surface area (Å²) in [5, 5.41) is 9.95. The molecule has 3 fully saturated rings. The number of rotatable bonds is 5. The van der Waals surface area contributed by atoms with Crippen molar-refractivity contribution in [3.8, 4) is 5.75 Å². The second kappa shape index (κ2) is 7.80. The van der Waals surface area contributed by atoms with Crippen LogP contribution in [0.1, 0.15) is 37.7 Å². The largest absolute Gasteiger partial charge is 0.484 e. The van der Waals surface area contributed by atoms with E-state index in [1.54, 1.807) is 0 Å². The molecule has 5 heteroatoms. The molecular weight excluding hydrogens is 340 g/mol. The zero-order valence-electron chi connectivity index (χ0n) is 16.4. The molecule has 5 nitrogen and oxygen atoms in total. The summed E-state index contributed by atoms with van der Waals surface area (Å²) in [4.78, 5) is 17.1. The van der Waals surface area contributed by atoms with Crippen molar-refractivity contribution in [2.45, 2.75) is 45.1 Å². The molecule has 1 aliphatic carbocycles. The van der Waals surface area contributed by atoms with Crippen LogP contribution in [0.25, 0.3) is 0 Å². The van der Waals surface area contributed by atoms with Crippen LogP contribution in [0, 0.1) is 18.3 Å². The lowest BCUT2D eigenvalue weighted by atomic mass is 9.71. The van der Waals surface area contributed by atoms with Gasteiger partial charge in [0, 0.05) is 44.7 Å². The van der Waals surface area contributed by atoms with Gasteiger partial charge >= 0.3 is 0 Å². The van der Waals surface area contributed by atoms with Crippen LogP contribution in [0.15, 0.2) is 24.3 Å². The van der Waals surface area contributed by atoms with E-state index < -0.39 is 0 Å². The van der Waals surface area contributed by atoms with Crippen molar-refractivity contribution in [2.75, 3.05) is 39.4 Å². The number of piperidine rings is 1. The fraction of sp³-hybridized carbons (Fsp3) is 0.682. The number of carbonyl (C=O) groups is 1. The van der Waals surface area contributed by atoms with Gasteiger partial charge in [-0.15, -0.1) is 0 Å². The van der Waals surface area contributed by atoms with Gasteiger partial charge in [-0.2, -0.15) is 0 Å². The maximum Gasteiger partial charge on any atom is 0.260 e. The monoisotopic (exact) mass is 372 g/mol. The molecule has 0 aromatic heterocycles. The van der Waals surface area contributed by atoms with Gasteiger partial charge in [-0.05, 0) is 55.7 Å². The van der Waals surface area contributed by atoms with Crippen molar-refractivity contribution in [1.29, 1.82) is 0 Å². The van der Waals surface area contributed by atoms with Crippen LogP contribution in [0.2, 0.25) is 0 Å². The zero-order chi connectivity index (χ0) is 18.9. The van der Waals surface area contributed by atoms with Gasteiger partial charge in [0.15, 0.2) is 6.61 Å². The molecule has 148 valence electrons. The normalized spacial score (nSPS) is 25.6. The number of ether oxygens (including phenoxy) is 1. The third-order valence-electron chi connectivity index (χ3n) is 7.11. The Morgan fingerprint density at radius 1 is 1.30 bits per heavy atom. The Bertz CT molecular complexity index is 665. The van der Waals surface area contributed by atoms with E-state index in [2.05, 4.69) is 4.90 Å². The van der Waals surface area contributed by atoms with Crippen LogP contribution in [0.3, 0.4) is 0 Å². The maximum absolute atomic E-state index is 12.6. The highest BCUT2D eigenvalue weighted by Crippen LogP contribution is 2.46. The lowest BCUT2D eigenvalue weighted by Gasteiger charge is -2.43. The van der Waals surface area contributed by atoms with E-state index in [0.29, 0.717) is 5.92 Å². The summed E-state index contributed by atoms with van der Waals surface area (Å²) < 4.78 is 5.69. The Labute approximate surface area is 162 Å². The number of hydrogen-bond donors (Lipinski definition) is 1. The minimum Gasteiger partial charge on any atom is -0.484 e. The topological polar surface area (TPSA) is 53.0 Å². The number of likely N-dealkylation sites (tertiary alicyclic amines) is 2. The SMILES string of the molecule is Cc1cccc(OCC(=O)N2CCC3(CC2)CN(C2CCC2)CC3CO)c1. The van der Waals surface area contributed by atoms with Gasteiger partial charge in [-0.3, -0.25) is 9.69 Å². The van der Waals surface area contributed by atoms with Gasteiger partial charge in [0.1, 0.15) is 5.75 Å². The highest BCUT2D eigenvalue weighted by atomic mass is 16.5. The molecule has 3 aliphatic rings. The van der Waals surface area contributed by atoms with E-state index in [0.717, 1.165) is 56.4 Å². The summed E-state index contributed by atoms with van der Waals surface area (Å²) in [6, 6.07) is 8.55. The molecule has 2 saturated heterocycles. The summed E-state index contributed by atoms with van der Waals surface area (Å²) >= 11 is 0. The molecule has 4 rings (SSSR count). The van der Waals surface area contributed by atoms with Crippen molar-refractivity contribution >= 4 is 5.91 Å². The van der Waals surface area contributed by atoms with Gasteiger partial charge in [0.2, 0.25) is 0 Å². The Morgan fingerprint density at radius 3 is 2.70 bits per heavy atom. The molecule has 1 unspecified atom stereocenters. The Balaban J connectivity index is 1.30. The number of aryl methyl sites for hydroxylation is 1. The fourth-order valence-corrected chi connectivity index (χ4v) is 5.07. The van der Waals surface area contributed by atoms with Gasteiger partial charge in [0.25, 0.3) is 5.91 Å². The molecule has 1 spiro atoms. The number of benzene rings is 1. The van der Waals surface area contributed by atoms with Crippen molar-refractivity contribution < 1.29 is 14.6 Å². The molecule has 0 bridgehead atoms. The van der Waals surface area contributed by atoms with Crippen LogP contribution >= 0.6 is 0 Å². The maximum atomic E-state index is 12.6. The smallest absolute Gasteiger partial charge is 0.260 e. The second-order valence-corrected chi connectivity index (χ2v) is 8.74. The molecule has 1 N–H and O–H groups in total. The van der Waals surface area contributed by atoms with E-state index >= 15 is 0 Å². The quantitative estimate of drug-likeness (QED) is 0.863. The number of hydrogen-bond acceptors (Lipinski definition) is 4. The molecular formula is C22H32N2O3. The van der Waals surface area contributed by atoms with Gasteiger partial charge < -0.3 is 14.7 Å². The summed E-state index contributed by atoms with van der Waals surface area (Å²) in [6.07, 6.45) is 5.97. The third-order valence-corrected chi connectivity index (χ3v) is 7.11. The Morgan fingerprint density at radius 2 is 2.07 bits per heavy atom. The van der Waals surface area contributed by atoms with Crippen molar-refractivity contribution in [3.05, 3.63) is 29.8 Å². The van der Waals surface area contributed by atoms with E-state index in [9.17, 15) is 9.90 Å². The number of carbonyl (C=O) groups excluding carboxylic acids is 1. The summed E-state index contributed by atoms with van der Waals surface area (Å²) in [5.41, 5.74) is 1.32. The second-order valence-electron chi connectivity index (χ2n) is 8.74.